The number of nitrogens with one attached hydrogen (secondary N) is 2. The second-order valence-corrected chi connectivity index (χ2v) is 7.42. The van der Waals surface area contributed by atoms with Crippen molar-refractivity contribution in [3.8, 4) is 22.6 Å². The molecule has 1 amide bonds. The summed E-state index contributed by atoms with van der Waals surface area (Å²) in [7, 11) is 0. The van der Waals surface area contributed by atoms with E-state index in [1.807, 2.05) is 25.1 Å². The number of aromatic amines is 1. The number of pyridine rings is 1. The van der Waals surface area contributed by atoms with Gasteiger partial charge in [-0.05, 0) is 49.2 Å². The van der Waals surface area contributed by atoms with Crippen LogP contribution in [0.25, 0.3) is 22.6 Å². The zero-order valence-corrected chi connectivity index (χ0v) is 16.0. The molecule has 4 nitrogen and oxygen atoms in total. The lowest BCUT2D eigenvalue weighted by molar-refractivity contribution is 0.0174. The van der Waals surface area contributed by atoms with Gasteiger partial charge in [0.05, 0.1) is 22.6 Å². The van der Waals surface area contributed by atoms with Crippen molar-refractivity contribution in [2.75, 3.05) is 6.54 Å². The average molecular weight is 381 g/mol. The third-order valence-electron chi connectivity index (χ3n) is 5.04. The molecule has 28 heavy (non-hydrogen) atoms. The van der Waals surface area contributed by atoms with Crippen LogP contribution in [0.1, 0.15) is 39.7 Å². The first kappa shape index (κ1) is 18.3. The van der Waals surface area contributed by atoms with E-state index in [9.17, 15) is 13.6 Å². The normalized spacial score (nSPS) is 14.0. The lowest BCUT2D eigenvalue weighted by atomic mass is 9.98. The fourth-order valence-corrected chi connectivity index (χ4v) is 3.58. The van der Waals surface area contributed by atoms with Crippen molar-refractivity contribution >= 4 is 5.91 Å². The van der Waals surface area contributed by atoms with E-state index >= 15 is 0 Å². The second kappa shape index (κ2) is 6.55. The number of halogens is 2. The minimum atomic E-state index is -2.92. The molecule has 1 aliphatic rings. The molecule has 144 valence electrons. The standard InChI is InChI=1S/C22H21F2N3O/c1-12-8-14(10-15(9-12)22(3,23)24)20-13(2)4-5-18(27-20)19-11-16-17(26-19)6-7-25-21(16)28/h4-5,8-11,26H,6-7H2,1-3H3,(H,25,28). The Bertz CT molecular complexity index is 1080. The van der Waals surface area contributed by atoms with Gasteiger partial charge in [0.1, 0.15) is 0 Å². The minimum absolute atomic E-state index is 0.0267. The summed E-state index contributed by atoms with van der Waals surface area (Å²) in [6.45, 7) is 5.22. The van der Waals surface area contributed by atoms with Crippen molar-refractivity contribution in [2.24, 2.45) is 0 Å². The molecular formula is C22H21F2N3O. The summed E-state index contributed by atoms with van der Waals surface area (Å²) in [6.07, 6.45) is 0.743. The highest BCUT2D eigenvalue weighted by Gasteiger charge is 2.25. The molecule has 4 rings (SSSR count). The van der Waals surface area contributed by atoms with E-state index in [0.717, 1.165) is 35.9 Å². The van der Waals surface area contributed by atoms with Crippen LogP contribution in [0.15, 0.2) is 36.4 Å². The highest BCUT2D eigenvalue weighted by Crippen LogP contribution is 2.33. The summed E-state index contributed by atoms with van der Waals surface area (Å²) in [4.78, 5) is 20.0. The molecule has 2 aromatic heterocycles. The molecule has 3 heterocycles. The molecule has 0 saturated carbocycles. The third-order valence-corrected chi connectivity index (χ3v) is 5.04. The molecule has 1 aliphatic heterocycles. The quantitative estimate of drug-likeness (QED) is 0.687. The van der Waals surface area contributed by atoms with Gasteiger partial charge in [-0.25, -0.2) is 13.8 Å². The highest BCUT2D eigenvalue weighted by atomic mass is 19.3. The number of hydrogen-bond acceptors (Lipinski definition) is 2. The summed E-state index contributed by atoms with van der Waals surface area (Å²) in [5.41, 5.74) is 5.89. The summed E-state index contributed by atoms with van der Waals surface area (Å²) in [6, 6.07) is 10.5. The van der Waals surface area contributed by atoms with Gasteiger partial charge >= 0.3 is 0 Å². The maximum atomic E-state index is 13.9. The maximum absolute atomic E-state index is 13.9. The Morgan fingerprint density at radius 3 is 2.61 bits per heavy atom. The summed E-state index contributed by atoms with van der Waals surface area (Å²) in [5, 5.41) is 2.83. The van der Waals surface area contributed by atoms with Gasteiger partial charge in [-0.3, -0.25) is 4.79 Å². The second-order valence-electron chi connectivity index (χ2n) is 7.42. The van der Waals surface area contributed by atoms with Crippen molar-refractivity contribution < 1.29 is 13.6 Å². The van der Waals surface area contributed by atoms with E-state index in [-0.39, 0.29) is 11.5 Å². The van der Waals surface area contributed by atoms with Crippen LogP contribution < -0.4 is 5.32 Å². The summed E-state index contributed by atoms with van der Waals surface area (Å²) >= 11 is 0. The van der Waals surface area contributed by atoms with Gasteiger partial charge in [0, 0.05) is 36.7 Å². The van der Waals surface area contributed by atoms with Crippen LogP contribution in [-0.2, 0) is 12.3 Å². The van der Waals surface area contributed by atoms with Crippen LogP contribution in [0.3, 0.4) is 0 Å². The van der Waals surface area contributed by atoms with Crippen LogP contribution >= 0.6 is 0 Å². The van der Waals surface area contributed by atoms with Crippen molar-refractivity contribution in [3.63, 3.8) is 0 Å². The summed E-state index contributed by atoms with van der Waals surface area (Å²) < 4.78 is 27.8. The molecule has 0 saturated heterocycles. The molecule has 0 bridgehead atoms. The molecule has 0 spiro atoms. The van der Waals surface area contributed by atoms with E-state index in [2.05, 4.69) is 10.3 Å². The van der Waals surface area contributed by atoms with Crippen molar-refractivity contribution in [2.45, 2.75) is 33.1 Å². The van der Waals surface area contributed by atoms with Gasteiger partial charge in [-0.2, -0.15) is 0 Å². The third kappa shape index (κ3) is 3.30. The molecule has 0 radical (unpaired) electrons. The van der Waals surface area contributed by atoms with Crippen molar-refractivity contribution in [1.29, 1.82) is 0 Å². The van der Waals surface area contributed by atoms with E-state index in [0.29, 0.717) is 29.1 Å². The zero-order chi connectivity index (χ0) is 20.1. The number of aromatic nitrogens is 2. The van der Waals surface area contributed by atoms with Crippen LogP contribution in [0.4, 0.5) is 8.78 Å². The fourth-order valence-electron chi connectivity index (χ4n) is 3.58. The minimum Gasteiger partial charge on any atom is -0.356 e. The predicted molar refractivity (Wildman–Crippen MR) is 105 cm³/mol. The number of hydrogen-bond donors (Lipinski definition) is 2. The number of rotatable bonds is 3. The van der Waals surface area contributed by atoms with Crippen LogP contribution in [-0.4, -0.2) is 22.4 Å². The van der Waals surface area contributed by atoms with Gasteiger partial charge < -0.3 is 10.3 Å². The maximum Gasteiger partial charge on any atom is 0.270 e. The van der Waals surface area contributed by atoms with E-state index < -0.39 is 5.92 Å². The Morgan fingerprint density at radius 2 is 1.89 bits per heavy atom. The van der Waals surface area contributed by atoms with Gasteiger partial charge in [0.2, 0.25) is 0 Å². The average Bonchev–Trinajstić information content (AvgIpc) is 3.06. The molecule has 2 N–H and O–H groups in total. The van der Waals surface area contributed by atoms with Crippen LogP contribution in [0, 0.1) is 13.8 Å². The highest BCUT2D eigenvalue weighted by molar-refractivity contribution is 5.97. The number of benzene rings is 1. The number of nitrogens with zero attached hydrogens (tertiary/aromatic N) is 1. The number of H-pyrrole nitrogens is 1. The van der Waals surface area contributed by atoms with E-state index in [1.54, 1.807) is 13.0 Å². The molecule has 6 heteroatoms. The van der Waals surface area contributed by atoms with E-state index in [1.165, 1.54) is 12.1 Å². The van der Waals surface area contributed by atoms with Gasteiger partial charge in [-0.1, -0.05) is 12.1 Å². The van der Waals surface area contributed by atoms with Crippen LogP contribution in [0.5, 0.6) is 0 Å². The first-order valence-corrected chi connectivity index (χ1v) is 9.21. The topological polar surface area (TPSA) is 57.8 Å². The predicted octanol–water partition coefficient (Wildman–Crippen LogP) is 4.76. The first-order valence-electron chi connectivity index (χ1n) is 9.21. The Labute approximate surface area is 162 Å². The summed E-state index contributed by atoms with van der Waals surface area (Å²) in [5.74, 6) is -3.01. The Morgan fingerprint density at radius 1 is 1.11 bits per heavy atom. The monoisotopic (exact) mass is 381 g/mol. The Balaban J connectivity index is 1.81. The van der Waals surface area contributed by atoms with Crippen LogP contribution in [0.2, 0.25) is 0 Å². The van der Waals surface area contributed by atoms with Gasteiger partial charge in [0.25, 0.3) is 11.8 Å². The molecule has 0 fully saturated rings. The van der Waals surface area contributed by atoms with Crippen molar-refractivity contribution in [3.05, 3.63) is 64.3 Å². The number of alkyl halides is 2. The largest absolute Gasteiger partial charge is 0.356 e. The molecule has 0 aliphatic carbocycles. The van der Waals surface area contributed by atoms with E-state index in [4.69, 9.17) is 4.98 Å². The lowest BCUT2D eigenvalue weighted by Gasteiger charge is -2.15. The Kier molecular flexibility index (Phi) is 4.29. The van der Waals surface area contributed by atoms with Gasteiger partial charge in [-0.15, -0.1) is 0 Å². The number of fused-ring (bicyclic) bond motifs is 1. The SMILES string of the molecule is Cc1cc(-c2nc(-c3cc4c([nH]3)CCNC4=O)ccc2C)cc(C(C)(F)F)c1. The zero-order valence-electron chi connectivity index (χ0n) is 16.0. The molecule has 0 atom stereocenters. The number of carbonyl (C=O) groups excluding carboxylic acids is 1. The fraction of sp³-hybridized carbons (Fsp3) is 0.273. The number of carbonyl (C=O) groups is 1. The molecule has 0 unspecified atom stereocenters. The molecule has 1 aromatic carbocycles. The first-order chi connectivity index (χ1) is 13.2. The molecule has 3 aromatic rings. The van der Waals surface area contributed by atoms with Crippen molar-refractivity contribution in [1.82, 2.24) is 15.3 Å². The number of amides is 1. The van der Waals surface area contributed by atoms with Gasteiger partial charge in [0.15, 0.2) is 0 Å². The molecular weight excluding hydrogens is 360 g/mol. The Hall–Kier alpha value is -3.02. The lowest BCUT2D eigenvalue weighted by Crippen LogP contribution is -2.31. The smallest absolute Gasteiger partial charge is 0.270 e. The number of aryl methyl sites for hydroxylation is 2.